The molecule has 0 radical (unpaired) electrons. The summed E-state index contributed by atoms with van der Waals surface area (Å²) in [7, 11) is 0. The van der Waals surface area contributed by atoms with Gasteiger partial charge in [-0.3, -0.25) is 9.59 Å². The van der Waals surface area contributed by atoms with Crippen molar-refractivity contribution < 1.29 is 19.1 Å². The Balaban J connectivity index is 1.95. The van der Waals surface area contributed by atoms with Crippen LogP contribution in [0, 0.1) is 11.7 Å². The van der Waals surface area contributed by atoms with Crippen LogP contribution in [0.5, 0.6) is 0 Å². The van der Waals surface area contributed by atoms with Crippen LogP contribution in [0.2, 0.25) is 5.02 Å². The van der Waals surface area contributed by atoms with E-state index in [1.54, 1.807) is 0 Å². The van der Waals surface area contributed by atoms with Gasteiger partial charge in [-0.2, -0.15) is 0 Å². The first kappa shape index (κ1) is 17.7. The summed E-state index contributed by atoms with van der Waals surface area (Å²) in [5.41, 5.74) is 0.159. The van der Waals surface area contributed by atoms with Gasteiger partial charge in [-0.25, -0.2) is 4.39 Å². The summed E-state index contributed by atoms with van der Waals surface area (Å²) in [6, 6.07) is 3.55. The van der Waals surface area contributed by atoms with Crippen LogP contribution in [-0.2, 0) is 9.59 Å². The highest BCUT2D eigenvalue weighted by atomic mass is 35.5. The van der Waals surface area contributed by atoms with Crippen LogP contribution < -0.4 is 10.6 Å². The lowest BCUT2D eigenvalue weighted by Gasteiger charge is -2.24. The van der Waals surface area contributed by atoms with Gasteiger partial charge in [-0.05, 0) is 31.0 Å². The summed E-state index contributed by atoms with van der Waals surface area (Å²) in [6.45, 7) is -0.0189. The second kappa shape index (κ2) is 8.26. The number of hydrogen-bond acceptors (Lipinski definition) is 3. The molecule has 126 valence electrons. The van der Waals surface area contributed by atoms with E-state index in [-0.39, 0.29) is 29.3 Å². The average Bonchev–Trinajstić information content (AvgIpc) is 2.75. The summed E-state index contributed by atoms with van der Waals surface area (Å²) in [6.07, 6.45) is 4.57. The number of nitrogens with one attached hydrogen (secondary N) is 2. The molecule has 0 heterocycles. The average molecular weight is 343 g/mol. The highest BCUT2D eigenvalue weighted by molar-refractivity contribution is 6.39. The molecule has 0 saturated heterocycles. The molecule has 0 bridgehead atoms. The number of anilines is 1. The third kappa shape index (κ3) is 4.91. The Morgan fingerprint density at radius 2 is 1.96 bits per heavy atom. The van der Waals surface area contributed by atoms with Crippen LogP contribution in [-0.4, -0.2) is 29.6 Å². The van der Waals surface area contributed by atoms with Gasteiger partial charge in [0.2, 0.25) is 0 Å². The van der Waals surface area contributed by atoms with Gasteiger partial charge >= 0.3 is 11.8 Å². The van der Waals surface area contributed by atoms with E-state index in [4.69, 9.17) is 11.6 Å². The van der Waals surface area contributed by atoms with Gasteiger partial charge < -0.3 is 15.7 Å². The molecule has 2 atom stereocenters. The summed E-state index contributed by atoms with van der Waals surface area (Å²) in [4.78, 5) is 23.9. The number of aliphatic hydroxyl groups is 1. The zero-order valence-corrected chi connectivity index (χ0v) is 13.4. The number of aliphatic hydroxyl groups excluding tert-OH is 1. The van der Waals surface area contributed by atoms with Gasteiger partial charge in [0.25, 0.3) is 0 Å². The van der Waals surface area contributed by atoms with Gasteiger partial charge in [0.05, 0.1) is 5.02 Å². The number of amides is 2. The molecule has 5 nitrogen and oxygen atoms in total. The van der Waals surface area contributed by atoms with E-state index in [0.717, 1.165) is 38.2 Å². The maximum Gasteiger partial charge on any atom is 0.313 e. The van der Waals surface area contributed by atoms with E-state index < -0.39 is 17.6 Å². The van der Waals surface area contributed by atoms with E-state index in [9.17, 15) is 19.1 Å². The van der Waals surface area contributed by atoms with Crippen LogP contribution in [0.1, 0.15) is 32.1 Å². The number of hydrogen-bond donors (Lipinski definition) is 3. The molecule has 2 rings (SSSR count). The van der Waals surface area contributed by atoms with Crippen LogP contribution in [0.3, 0.4) is 0 Å². The van der Waals surface area contributed by atoms with E-state index in [0.29, 0.717) is 0 Å². The maximum atomic E-state index is 13.3. The second-order valence-electron chi connectivity index (χ2n) is 5.74. The molecule has 23 heavy (non-hydrogen) atoms. The van der Waals surface area contributed by atoms with Crippen LogP contribution >= 0.6 is 11.6 Å². The van der Waals surface area contributed by atoms with Gasteiger partial charge in [-0.1, -0.05) is 30.9 Å². The van der Waals surface area contributed by atoms with E-state index in [1.165, 1.54) is 12.1 Å². The first-order valence-corrected chi connectivity index (χ1v) is 8.07. The molecule has 2 amide bonds. The van der Waals surface area contributed by atoms with Gasteiger partial charge in [0, 0.05) is 24.3 Å². The lowest BCUT2D eigenvalue weighted by molar-refractivity contribution is -0.137. The summed E-state index contributed by atoms with van der Waals surface area (Å²) >= 11 is 5.57. The summed E-state index contributed by atoms with van der Waals surface area (Å²) in [5.74, 6) is -2.37. The van der Waals surface area contributed by atoms with Crippen molar-refractivity contribution in [1.29, 1.82) is 0 Å². The second-order valence-corrected chi connectivity index (χ2v) is 6.15. The smallest absolute Gasteiger partial charge is 0.313 e. The number of halogens is 2. The Bertz CT molecular complexity index is 582. The minimum Gasteiger partial charge on any atom is -0.396 e. The standard InChI is InChI=1S/C16H20ClFN2O3/c17-12-7-6-11(8-13(12)18)19-15(22)16(23)20-14-5-3-1-2-4-10(14)9-21/h6-8,10,14,21H,1-5,9H2,(H,19,22)(H,20,23). The van der Waals surface area contributed by atoms with Crippen molar-refractivity contribution in [2.45, 2.75) is 38.1 Å². The predicted molar refractivity (Wildman–Crippen MR) is 85.6 cm³/mol. The lowest BCUT2D eigenvalue weighted by atomic mass is 9.95. The molecule has 1 aromatic rings. The molecule has 0 aliphatic heterocycles. The fraction of sp³-hybridized carbons (Fsp3) is 0.500. The number of rotatable bonds is 3. The Kier molecular flexibility index (Phi) is 6.36. The van der Waals surface area contributed by atoms with Crippen molar-refractivity contribution in [2.24, 2.45) is 5.92 Å². The molecule has 3 N–H and O–H groups in total. The van der Waals surface area contributed by atoms with Crippen molar-refractivity contribution in [1.82, 2.24) is 5.32 Å². The van der Waals surface area contributed by atoms with Crippen LogP contribution in [0.15, 0.2) is 18.2 Å². The van der Waals surface area contributed by atoms with Crippen molar-refractivity contribution in [3.8, 4) is 0 Å². The van der Waals surface area contributed by atoms with Crippen molar-refractivity contribution in [3.05, 3.63) is 29.0 Å². The molecule has 7 heteroatoms. The molecule has 0 aromatic heterocycles. The minimum absolute atomic E-state index is 0.0189. The Morgan fingerprint density at radius 1 is 1.22 bits per heavy atom. The highest BCUT2D eigenvalue weighted by Crippen LogP contribution is 2.23. The van der Waals surface area contributed by atoms with Crippen molar-refractivity contribution in [2.75, 3.05) is 11.9 Å². The Labute approximate surface area is 139 Å². The fourth-order valence-electron chi connectivity index (χ4n) is 2.79. The SMILES string of the molecule is O=C(Nc1ccc(Cl)c(F)c1)C(=O)NC1CCCCCC1CO. The maximum absolute atomic E-state index is 13.3. The van der Waals surface area contributed by atoms with Crippen molar-refractivity contribution >= 4 is 29.1 Å². The third-order valence-electron chi connectivity index (χ3n) is 4.09. The van der Waals surface area contributed by atoms with E-state index in [1.807, 2.05) is 0 Å². The molecule has 1 saturated carbocycles. The number of carbonyl (C=O) groups is 2. The van der Waals surface area contributed by atoms with E-state index >= 15 is 0 Å². The molecule has 1 fully saturated rings. The zero-order valence-electron chi connectivity index (χ0n) is 12.6. The summed E-state index contributed by atoms with van der Waals surface area (Å²) in [5, 5.41) is 14.4. The van der Waals surface area contributed by atoms with Crippen LogP contribution in [0.25, 0.3) is 0 Å². The van der Waals surface area contributed by atoms with Crippen molar-refractivity contribution in [3.63, 3.8) is 0 Å². The topological polar surface area (TPSA) is 78.4 Å². The first-order chi connectivity index (χ1) is 11.0. The van der Waals surface area contributed by atoms with E-state index in [2.05, 4.69) is 10.6 Å². The zero-order chi connectivity index (χ0) is 16.8. The quantitative estimate of drug-likeness (QED) is 0.583. The monoisotopic (exact) mass is 342 g/mol. The molecule has 2 unspecified atom stereocenters. The Morgan fingerprint density at radius 3 is 2.65 bits per heavy atom. The van der Waals surface area contributed by atoms with Gasteiger partial charge in [-0.15, -0.1) is 0 Å². The predicted octanol–water partition coefficient (Wildman–Crippen LogP) is 2.48. The summed E-state index contributed by atoms with van der Waals surface area (Å²) < 4.78 is 13.3. The molecular weight excluding hydrogens is 323 g/mol. The fourth-order valence-corrected chi connectivity index (χ4v) is 2.91. The largest absolute Gasteiger partial charge is 0.396 e. The first-order valence-electron chi connectivity index (χ1n) is 7.69. The van der Waals surface area contributed by atoms with Gasteiger partial charge in [0.1, 0.15) is 5.82 Å². The Hall–Kier alpha value is -1.66. The molecule has 0 spiro atoms. The number of benzene rings is 1. The molecule has 1 aromatic carbocycles. The third-order valence-corrected chi connectivity index (χ3v) is 4.40. The molecular formula is C16H20ClFN2O3. The number of carbonyl (C=O) groups excluding carboxylic acids is 2. The van der Waals surface area contributed by atoms with Gasteiger partial charge in [0.15, 0.2) is 0 Å². The molecule has 1 aliphatic rings. The molecule has 1 aliphatic carbocycles. The normalized spacial score (nSPS) is 21.3. The lowest BCUT2D eigenvalue weighted by Crippen LogP contribution is -2.45. The van der Waals surface area contributed by atoms with Crippen LogP contribution in [0.4, 0.5) is 10.1 Å². The highest BCUT2D eigenvalue weighted by Gasteiger charge is 2.26. The minimum atomic E-state index is -0.868.